The lowest BCUT2D eigenvalue weighted by molar-refractivity contribution is -0.149. The molecule has 0 aliphatic rings. The number of carbonyl (C=O) groups excluding carboxylic acids is 2. The second kappa shape index (κ2) is 10.6. The first-order chi connectivity index (χ1) is 13.4. The summed E-state index contributed by atoms with van der Waals surface area (Å²) in [6, 6.07) is 13.5. The molecule has 0 unspecified atom stereocenters. The number of carbonyl (C=O) groups is 2. The van der Waals surface area contributed by atoms with Crippen molar-refractivity contribution in [3.05, 3.63) is 71.0 Å². The van der Waals surface area contributed by atoms with Crippen molar-refractivity contribution in [3.63, 3.8) is 0 Å². The molecule has 0 aliphatic heterocycles. The summed E-state index contributed by atoms with van der Waals surface area (Å²) in [7, 11) is 0. The fourth-order valence-electron chi connectivity index (χ4n) is 2.63. The van der Waals surface area contributed by atoms with E-state index in [1.54, 1.807) is 19.9 Å². The summed E-state index contributed by atoms with van der Waals surface area (Å²) < 4.78 is 24.6. The van der Waals surface area contributed by atoms with Crippen LogP contribution in [0.5, 0.6) is 0 Å². The van der Waals surface area contributed by atoms with Gasteiger partial charge in [-0.3, -0.25) is 9.59 Å². The first-order valence-electron chi connectivity index (χ1n) is 9.31. The molecular weight excluding hydrogens is 361 g/mol. The molecule has 2 rings (SSSR count). The number of hydrogen-bond acceptors (Lipinski definition) is 4. The summed E-state index contributed by atoms with van der Waals surface area (Å²) >= 11 is 0. The highest BCUT2D eigenvalue weighted by Gasteiger charge is 2.18. The number of hydrogen-bond donors (Lipinski definition) is 1. The van der Waals surface area contributed by atoms with Gasteiger partial charge in [0.05, 0.1) is 12.0 Å². The van der Waals surface area contributed by atoms with E-state index in [1.165, 1.54) is 6.07 Å². The fourth-order valence-corrected chi connectivity index (χ4v) is 2.63. The molecule has 2 atom stereocenters. The quantitative estimate of drug-likeness (QED) is 0.660. The Hall–Kier alpha value is -2.73. The fraction of sp³-hybridized carbons (Fsp3) is 0.364. The smallest absolute Gasteiger partial charge is 0.310 e. The molecular formula is C22H26FNO4. The topological polar surface area (TPSA) is 64.6 Å². The third-order valence-corrected chi connectivity index (χ3v) is 4.26. The molecule has 0 saturated carbocycles. The van der Waals surface area contributed by atoms with E-state index in [2.05, 4.69) is 5.32 Å². The Bertz CT molecular complexity index is 794. The van der Waals surface area contributed by atoms with Crippen LogP contribution in [0.4, 0.5) is 4.39 Å². The van der Waals surface area contributed by atoms with E-state index in [-0.39, 0.29) is 24.8 Å². The maximum atomic E-state index is 13.9. The lowest BCUT2D eigenvalue weighted by atomic mass is 10.1. The van der Waals surface area contributed by atoms with Crippen LogP contribution >= 0.6 is 0 Å². The van der Waals surface area contributed by atoms with Crippen molar-refractivity contribution in [3.8, 4) is 0 Å². The lowest BCUT2D eigenvalue weighted by Gasteiger charge is -2.15. The predicted molar refractivity (Wildman–Crippen MR) is 104 cm³/mol. The summed E-state index contributed by atoms with van der Waals surface area (Å²) in [5.41, 5.74) is 1.66. The molecule has 0 aliphatic carbocycles. The second-order valence-corrected chi connectivity index (χ2v) is 6.58. The van der Waals surface area contributed by atoms with Crippen LogP contribution < -0.4 is 5.32 Å². The van der Waals surface area contributed by atoms with Gasteiger partial charge in [0.15, 0.2) is 0 Å². The highest BCUT2D eigenvalue weighted by Crippen LogP contribution is 2.20. The summed E-state index contributed by atoms with van der Waals surface area (Å²) in [6.45, 7) is 6.08. The highest BCUT2D eigenvalue weighted by atomic mass is 19.1. The van der Waals surface area contributed by atoms with Gasteiger partial charge in [0.1, 0.15) is 12.4 Å². The first kappa shape index (κ1) is 21.6. The summed E-state index contributed by atoms with van der Waals surface area (Å²) in [4.78, 5) is 24.5. The predicted octanol–water partition coefficient (Wildman–Crippen LogP) is 4.03. The highest BCUT2D eigenvalue weighted by molar-refractivity contribution is 5.94. The van der Waals surface area contributed by atoms with Gasteiger partial charge in [0.25, 0.3) is 5.91 Å². The van der Waals surface area contributed by atoms with Gasteiger partial charge >= 0.3 is 5.97 Å². The lowest BCUT2D eigenvalue weighted by Crippen LogP contribution is -2.32. The van der Waals surface area contributed by atoms with Crippen molar-refractivity contribution < 1.29 is 23.5 Å². The number of rotatable bonds is 9. The Kier molecular flexibility index (Phi) is 8.14. The first-order valence-corrected chi connectivity index (χ1v) is 9.31. The number of nitrogens with one attached hydrogen (secondary N) is 1. The molecule has 2 aromatic carbocycles. The average Bonchev–Trinajstić information content (AvgIpc) is 2.70. The molecule has 0 saturated heterocycles. The maximum absolute atomic E-state index is 13.9. The van der Waals surface area contributed by atoms with Gasteiger partial charge < -0.3 is 14.8 Å². The third-order valence-electron chi connectivity index (χ3n) is 4.26. The molecule has 0 radical (unpaired) electrons. The number of amides is 1. The van der Waals surface area contributed by atoms with Crippen LogP contribution in [0.1, 0.15) is 48.4 Å². The van der Waals surface area contributed by atoms with Crippen LogP contribution in [0.3, 0.4) is 0 Å². The molecule has 6 heteroatoms. The van der Waals surface area contributed by atoms with E-state index in [4.69, 9.17) is 9.47 Å². The Balaban J connectivity index is 1.89. The SMILES string of the molecule is CCO[C@@H](C)c1cc(F)cc(C(=O)NC[C@@H](C)C(=O)OCc2ccccc2)c1. The zero-order chi connectivity index (χ0) is 20.5. The van der Waals surface area contributed by atoms with Crippen molar-refractivity contribution in [1.29, 1.82) is 0 Å². The number of ether oxygens (including phenoxy) is 2. The molecule has 150 valence electrons. The van der Waals surface area contributed by atoms with Crippen molar-refractivity contribution >= 4 is 11.9 Å². The molecule has 0 heterocycles. The second-order valence-electron chi connectivity index (χ2n) is 6.58. The zero-order valence-corrected chi connectivity index (χ0v) is 16.4. The molecule has 2 aromatic rings. The van der Waals surface area contributed by atoms with Crippen LogP contribution in [0, 0.1) is 11.7 Å². The van der Waals surface area contributed by atoms with Gasteiger partial charge in [-0.1, -0.05) is 37.3 Å². The van der Waals surface area contributed by atoms with E-state index < -0.39 is 23.6 Å². The number of benzene rings is 2. The van der Waals surface area contributed by atoms with Crippen LogP contribution in [-0.2, 0) is 20.9 Å². The van der Waals surface area contributed by atoms with Crippen molar-refractivity contribution in [2.75, 3.05) is 13.2 Å². The van der Waals surface area contributed by atoms with Crippen LogP contribution in [-0.4, -0.2) is 25.0 Å². The molecule has 28 heavy (non-hydrogen) atoms. The Morgan fingerprint density at radius 3 is 2.50 bits per heavy atom. The molecule has 1 N–H and O–H groups in total. The van der Waals surface area contributed by atoms with Crippen LogP contribution in [0.2, 0.25) is 0 Å². The minimum atomic E-state index is -0.525. The van der Waals surface area contributed by atoms with Gasteiger partial charge in [-0.15, -0.1) is 0 Å². The minimum Gasteiger partial charge on any atom is -0.461 e. The largest absolute Gasteiger partial charge is 0.461 e. The Morgan fingerprint density at radius 1 is 1.11 bits per heavy atom. The summed E-state index contributed by atoms with van der Waals surface area (Å²) in [5.74, 6) is -1.89. The maximum Gasteiger partial charge on any atom is 0.310 e. The number of esters is 1. The summed E-state index contributed by atoms with van der Waals surface area (Å²) in [5, 5.41) is 2.66. The Labute approximate surface area is 164 Å². The molecule has 0 fully saturated rings. The molecule has 0 bridgehead atoms. The van der Waals surface area contributed by atoms with Crippen LogP contribution in [0.25, 0.3) is 0 Å². The van der Waals surface area contributed by atoms with E-state index in [9.17, 15) is 14.0 Å². The monoisotopic (exact) mass is 387 g/mol. The van der Waals surface area contributed by atoms with Gasteiger partial charge in [0, 0.05) is 18.7 Å². The molecule has 0 aromatic heterocycles. The molecule has 5 nitrogen and oxygen atoms in total. The number of halogens is 1. The van der Waals surface area contributed by atoms with Crippen LogP contribution in [0.15, 0.2) is 48.5 Å². The normalized spacial score (nSPS) is 12.9. The van der Waals surface area contributed by atoms with Crippen molar-refractivity contribution in [2.24, 2.45) is 5.92 Å². The van der Waals surface area contributed by atoms with Gasteiger partial charge in [-0.2, -0.15) is 0 Å². The van der Waals surface area contributed by atoms with E-state index in [0.29, 0.717) is 12.2 Å². The molecule has 0 spiro atoms. The molecule has 1 amide bonds. The van der Waals surface area contributed by atoms with E-state index >= 15 is 0 Å². The summed E-state index contributed by atoms with van der Waals surface area (Å²) in [6.07, 6.45) is -0.320. The van der Waals surface area contributed by atoms with Crippen molar-refractivity contribution in [2.45, 2.75) is 33.5 Å². The average molecular weight is 387 g/mol. The Morgan fingerprint density at radius 2 is 1.82 bits per heavy atom. The van der Waals surface area contributed by atoms with Gasteiger partial charge in [-0.25, -0.2) is 4.39 Å². The van der Waals surface area contributed by atoms with Gasteiger partial charge in [-0.05, 0) is 43.2 Å². The van der Waals surface area contributed by atoms with E-state index in [0.717, 1.165) is 11.6 Å². The zero-order valence-electron chi connectivity index (χ0n) is 16.4. The van der Waals surface area contributed by atoms with E-state index in [1.807, 2.05) is 37.3 Å². The minimum absolute atomic E-state index is 0.0965. The van der Waals surface area contributed by atoms with Crippen molar-refractivity contribution in [1.82, 2.24) is 5.32 Å². The standard InChI is InChI=1S/C22H26FNO4/c1-4-27-16(3)18-10-19(12-20(23)11-18)21(25)24-13-15(2)22(26)28-14-17-8-6-5-7-9-17/h5-12,15-16H,4,13-14H2,1-3H3,(H,24,25)/t15-,16+/m1/s1. The van der Waals surface area contributed by atoms with Gasteiger partial charge in [0.2, 0.25) is 0 Å². The third kappa shape index (κ3) is 6.46.